The Morgan fingerprint density at radius 1 is 1.29 bits per heavy atom. The minimum absolute atomic E-state index is 0.132. The Kier molecular flexibility index (Phi) is 2.20. The molecule has 0 saturated heterocycles. The quantitative estimate of drug-likeness (QED) is 0.672. The summed E-state index contributed by atoms with van der Waals surface area (Å²) in [5.74, 6) is 0.132. The van der Waals surface area contributed by atoms with Gasteiger partial charge >= 0.3 is 0 Å². The fraction of sp³-hybridized carbons (Fsp3) is 0.385. The van der Waals surface area contributed by atoms with E-state index in [1.54, 1.807) is 0 Å². The van der Waals surface area contributed by atoms with E-state index < -0.39 is 5.60 Å². The van der Waals surface area contributed by atoms with Crippen LogP contribution in [-0.2, 0) is 6.42 Å². The minimum Gasteiger partial charge on any atom is -0.390 e. The summed E-state index contributed by atoms with van der Waals surface area (Å²) >= 11 is 0. The first-order chi connectivity index (χ1) is 6.59. The Labute approximate surface area is 85.1 Å². The molecule has 1 heteroatoms. The van der Waals surface area contributed by atoms with Crippen LogP contribution in [-0.4, -0.2) is 10.7 Å². The molecule has 0 bridgehead atoms. The van der Waals surface area contributed by atoms with Crippen LogP contribution >= 0.6 is 0 Å². The van der Waals surface area contributed by atoms with Crippen LogP contribution in [0.5, 0.6) is 0 Å². The van der Waals surface area contributed by atoms with Gasteiger partial charge in [0, 0.05) is 5.92 Å². The summed E-state index contributed by atoms with van der Waals surface area (Å²) in [5.41, 5.74) is 1.93. The van der Waals surface area contributed by atoms with Crippen molar-refractivity contribution >= 4 is 0 Å². The van der Waals surface area contributed by atoms with Crippen LogP contribution in [0.1, 0.15) is 30.9 Å². The maximum Gasteiger partial charge on any atom is 0.0694 e. The SMILES string of the molecule is CC(C)(O)C1C=CCc2ccccc21. The molecular formula is C13H16O. The summed E-state index contributed by atoms with van der Waals surface area (Å²) < 4.78 is 0. The number of fused-ring (bicyclic) bond motifs is 1. The molecule has 1 unspecified atom stereocenters. The summed E-state index contributed by atoms with van der Waals surface area (Å²) in [5, 5.41) is 10.0. The van der Waals surface area contributed by atoms with Crippen LogP contribution in [0.2, 0.25) is 0 Å². The maximum absolute atomic E-state index is 10.0. The van der Waals surface area contributed by atoms with Crippen molar-refractivity contribution in [2.75, 3.05) is 0 Å². The molecule has 0 radical (unpaired) electrons. The minimum atomic E-state index is -0.674. The van der Waals surface area contributed by atoms with Crippen molar-refractivity contribution in [2.24, 2.45) is 0 Å². The molecular weight excluding hydrogens is 172 g/mol. The lowest BCUT2D eigenvalue weighted by atomic mass is 9.79. The number of aliphatic hydroxyl groups is 1. The third-order valence-electron chi connectivity index (χ3n) is 2.82. The summed E-state index contributed by atoms with van der Waals surface area (Å²) in [6.07, 6.45) is 5.25. The van der Waals surface area contributed by atoms with Gasteiger partial charge in [-0.15, -0.1) is 0 Å². The van der Waals surface area contributed by atoms with Gasteiger partial charge in [0.15, 0.2) is 0 Å². The van der Waals surface area contributed by atoms with E-state index in [1.165, 1.54) is 11.1 Å². The predicted octanol–water partition coefficient (Wildman–Crippen LogP) is 2.65. The third kappa shape index (κ3) is 1.60. The van der Waals surface area contributed by atoms with Gasteiger partial charge in [-0.2, -0.15) is 0 Å². The fourth-order valence-electron chi connectivity index (χ4n) is 2.07. The molecule has 0 aromatic heterocycles. The lowest BCUT2D eigenvalue weighted by molar-refractivity contribution is 0.0643. The molecule has 2 rings (SSSR count). The Bertz CT molecular complexity index is 358. The van der Waals surface area contributed by atoms with E-state index in [-0.39, 0.29) is 5.92 Å². The lowest BCUT2D eigenvalue weighted by Crippen LogP contribution is -2.29. The summed E-state index contributed by atoms with van der Waals surface area (Å²) in [6.45, 7) is 3.73. The van der Waals surface area contributed by atoms with Crippen molar-refractivity contribution in [1.29, 1.82) is 0 Å². The zero-order valence-corrected chi connectivity index (χ0v) is 8.70. The van der Waals surface area contributed by atoms with E-state index in [2.05, 4.69) is 30.4 Å². The molecule has 74 valence electrons. The van der Waals surface area contributed by atoms with Gasteiger partial charge in [-0.3, -0.25) is 0 Å². The van der Waals surface area contributed by atoms with Crippen molar-refractivity contribution in [3.63, 3.8) is 0 Å². The van der Waals surface area contributed by atoms with Crippen LogP contribution < -0.4 is 0 Å². The first-order valence-electron chi connectivity index (χ1n) is 5.06. The van der Waals surface area contributed by atoms with Crippen LogP contribution in [0.3, 0.4) is 0 Å². The molecule has 0 aliphatic heterocycles. The second kappa shape index (κ2) is 3.25. The molecule has 1 aromatic carbocycles. The normalized spacial score (nSPS) is 20.6. The number of hydrogen-bond donors (Lipinski definition) is 1. The van der Waals surface area contributed by atoms with Crippen molar-refractivity contribution in [1.82, 2.24) is 0 Å². The molecule has 1 nitrogen and oxygen atoms in total. The molecule has 0 amide bonds. The first-order valence-corrected chi connectivity index (χ1v) is 5.06. The van der Waals surface area contributed by atoms with Crippen LogP contribution in [0.15, 0.2) is 36.4 Å². The van der Waals surface area contributed by atoms with Crippen molar-refractivity contribution in [3.8, 4) is 0 Å². The van der Waals surface area contributed by atoms with Gasteiger partial charge in [0.1, 0.15) is 0 Å². The van der Waals surface area contributed by atoms with E-state index >= 15 is 0 Å². The van der Waals surface area contributed by atoms with E-state index in [0.29, 0.717) is 0 Å². The second-order valence-electron chi connectivity index (χ2n) is 4.46. The Morgan fingerprint density at radius 2 is 2.00 bits per heavy atom. The molecule has 1 aromatic rings. The van der Waals surface area contributed by atoms with Gasteiger partial charge in [0.05, 0.1) is 5.60 Å². The van der Waals surface area contributed by atoms with Crippen molar-refractivity contribution < 1.29 is 5.11 Å². The zero-order valence-electron chi connectivity index (χ0n) is 8.70. The monoisotopic (exact) mass is 188 g/mol. The average molecular weight is 188 g/mol. The van der Waals surface area contributed by atoms with Gasteiger partial charge in [0.2, 0.25) is 0 Å². The largest absolute Gasteiger partial charge is 0.390 e. The fourth-order valence-corrected chi connectivity index (χ4v) is 2.07. The Balaban J connectivity index is 2.46. The zero-order chi connectivity index (χ0) is 10.2. The number of rotatable bonds is 1. The van der Waals surface area contributed by atoms with Gasteiger partial charge in [0.25, 0.3) is 0 Å². The highest BCUT2D eigenvalue weighted by Crippen LogP contribution is 2.34. The van der Waals surface area contributed by atoms with E-state index in [4.69, 9.17) is 0 Å². The molecule has 0 heterocycles. The van der Waals surface area contributed by atoms with E-state index in [0.717, 1.165) is 6.42 Å². The van der Waals surface area contributed by atoms with Gasteiger partial charge in [-0.25, -0.2) is 0 Å². The number of hydrogen-bond acceptors (Lipinski definition) is 1. The smallest absolute Gasteiger partial charge is 0.0694 e. The highest BCUT2D eigenvalue weighted by Gasteiger charge is 2.28. The Morgan fingerprint density at radius 3 is 2.71 bits per heavy atom. The van der Waals surface area contributed by atoms with E-state index in [1.807, 2.05) is 19.9 Å². The van der Waals surface area contributed by atoms with Crippen LogP contribution in [0, 0.1) is 0 Å². The Hall–Kier alpha value is -1.08. The predicted molar refractivity (Wildman–Crippen MR) is 58.3 cm³/mol. The standard InChI is InChI=1S/C13H16O/c1-13(2,14)12-9-5-7-10-6-3-4-8-11(10)12/h3-6,8-9,12,14H,7H2,1-2H3. The number of benzene rings is 1. The lowest BCUT2D eigenvalue weighted by Gasteiger charge is -2.31. The van der Waals surface area contributed by atoms with Gasteiger partial charge in [-0.05, 0) is 31.4 Å². The number of allylic oxidation sites excluding steroid dienone is 1. The molecule has 14 heavy (non-hydrogen) atoms. The molecule has 1 N–H and O–H groups in total. The van der Waals surface area contributed by atoms with Crippen molar-refractivity contribution in [3.05, 3.63) is 47.5 Å². The van der Waals surface area contributed by atoms with Gasteiger partial charge < -0.3 is 5.11 Å². The molecule has 1 aliphatic rings. The first kappa shape index (κ1) is 9.47. The van der Waals surface area contributed by atoms with Crippen LogP contribution in [0.4, 0.5) is 0 Å². The topological polar surface area (TPSA) is 20.2 Å². The molecule has 0 fully saturated rings. The third-order valence-corrected chi connectivity index (χ3v) is 2.82. The highest BCUT2D eigenvalue weighted by molar-refractivity contribution is 5.39. The summed E-state index contributed by atoms with van der Waals surface area (Å²) in [4.78, 5) is 0. The summed E-state index contributed by atoms with van der Waals surface area (Å²) in [6, 6.07) is 8.34. The average Bonchev–Trinajstić information content (AvgIpc) is 2.15. The van der Waals surface area contributed by atoms with Crippen molar-refractivity contribution in [2.45, 2.75) is 31.8 Å². The second-order valence-corrected chi connectivity index (χ2v) is 4.46. The molecule has 0 spiro atoms. The summed E-state index contributed by atoms with van der Waals surface area (Å²) in [7, 11) is 0. The molecule has 1 aliphatic carbocycles. The van der Waals surface area contributed by atoms with Gasteiger partial charge in [-0.1, -0.05) is 36.4 Å². The van der Waals surface area contributed by atoms with Crippen LogP contribution in [0.25, 0.3) is 0 Å². The van der Waals surface area contributed by atoms with E-state index in [9.17, 15) is 5.11 Å². The maximum atomic E-state index is 10.0. The highest BCUT2D eigenvalue weighted by atomic mass is 16.3. The molecule has 0 saturated carbocycles. The molecule has 1 atom stereocenters.